The minimum atomic E-state index is -0.0603. The number of methoxy groups -OCH3 is 2. The molecule has 0 fully saturated rings. The number of hydrogen-bond donors (Lipinski definition) is 1. The smallest absolute Gasteiger partial charge is 0.187 e. The minimum absolute atomic E-state index is 0.0603. The van der Waals surface area contributed by atoms with Gasteiger partial charge in [-0.15, -0.1) is 0 Å². The van der Waals surface area contributed by atoms with Crippen LogP contribution in [0.4, 0.5) is 5.69 Å². The van der Waals surface area contributed by atoms with Gasteiger partial charge in [0.05, 0.1) is 19.9 Å². The standard InChI is InChI=1S/C21H25NO3/c1-21(2,3)16-8-6-15(7-9-16)19(23)12-13-22-18-14-17(24-4)10-11-20(18)25-5/h6-14,22H,1-5H3/b13-12+. The molecule has 132 valence electrons. The van der Waals surface area contributed by atoms with E-state index in [1.165, 1.54) is 11.6 Å². The van der Waals surface area contributed by atoms with E-state index in [-0.39, 0.29) is 11.2 Å². The van der Waals surface area contributed by atoms with Gasteiger partial charge in [0.15, 0.2) is 5.78 Å². The molecule has 0 aliphatic carbocycles. The second kappa shape index (κ2) is 7.88. The summed E-state index contributed by atoms with van der Waals surface area (Å²) in [7, 11) is 3.20. The number of hydrogen-bond acceptors (Lipinski definition) is 4. The van der Waals surface area contributed by atoms with E-state index in [2.05, 4.69) is 26.1 Å². The molecule has 2 rings (SSSR count). The Morgan fingerprint density at radius 1 is 1.00 bits per heavy atom. The van der Waals surface area contributed by atoms with Crippen LogP contribution >= 0.6 is 0 Å². The molecule has 0 atom stereocenters. The highest BCUT2D eigenvalue weighted by Gasteiger charge is 2.13. The number of ketones is 1. The number of carbonyl (C=O) groups is 1. The summed E-state index contributed by atoms with van der Waals surface area (Å²) in [6.45, 7) is 6.44. The van der Waals surface area contributed by atoms with Gasteiger partial charge in [0.2, 0.25) is 0 Å². The predicted octanol–water partition coefficient (Wildman–Crippen LogP) is 4.81. The number of nitrogens with one attached hydrogen (secondary N) is 1. The van der Waals surface area contributed by atoms with E-state index >= 15 is 0 Å². The van der Waals surface area contributed by atoms with E-state index in [1.807, 2.05) is 42.5 Å². The quantitative estimate of drug-likeness (QED) is 0.606. The summed E-state index contributed by atoms with van der Waals surface area (Å²) < 4.78 is 10.5. The number of carbonyl (C=O) groups excluding carboxylic acids is 1. The third-order valence-corrected chi connectivity index (χ3v) is 3.92. The van der Waals surface area contributed by atoms with Crippen LogP contribution in [0.2, 0.25) is 0 Å². The molecular formula is C21H25NO3. The Hall–Kier alpha value is -2.75. The molecule has 0 aliphatic rings. The van der Waals surface area contributed by atoms with Crippen molar-refractivity contribution in [3.05, 3.63) is 65.9 Å². The molecule has 0 heterocycles. The number of rotatable bonds is 6. The van der Waals surface area contributed by atoms with Gasteiger partial charge in [0, 0.05) is 23.9 Å². The number of ether oxygens (including phenoxy) is 2. The molecule has 0 amide bonds. The molecule has 0 saturated carbocycles. The molecule has 0 radical (unpaired) electrons. The Kier molecular flexibility index (Phi) is 5.86. The molecule has 0 spiro atoms. The fourth-order valence-electron chi connectivity index (χ4n) is 2.36. The van der Waals surface area contributed by atoms with Crippen molar-refractivity contribution in [2.24, 2.45) is 0 Å². The van der Waals surface area contributed by atoms with Crippen LogP contribution in [0.3, 0.4) is 0 Å². The maximum Gasteiger partial charge on any atom is 0.187 e. The van der Waals surface area contributed by atoms with Crippen LogP contribution in [0, 0.1) is 0 Å². The summed E-state index contributed by atoms with van der Waals surface area (Å²) in [5.74, 6) is 1.32. The highest BCUT2D eigenvalue weighted by atomic mass is 16.5. The molecule has 4 heteroatoms. The van der Waals surface area contributed by atoms with Crippen LogP contribution in [0.5, 0.6) is 11.5 Å². The van der Waals surface area contributed by atoms with Gasteiger partial charge in [0.1, 0.15) is 11.5 Å². The van der Waals surface area contributed by atoms with E-state index in [0.717, 1.165) is 5.69 Å². The molecule has 0 aromatic heterocycles. The van der Waals surface area contributed by atoms with E-state index in [4.69, 9.17) is 9.47 Å². The summed E-state index contributed by atoms with van der Waals surface area (Å²) in [5, 5.41) is 3.07. The van der Waals surface area contributed by atoms with Crippen molar-refractivity contribution in [2.75, 3.05) is 19.5 Å². The van der Waals surface area contributed by atoms with Gasteiger partial charge in [-0.05, 0) is 23.1 Å². The lowest BCUT2D eigenvalue weighted by Gasteiger charge is -2.18. The van der Waals surface area contributed by atoms with Gasteiger partial charge >= 0.3 is 0 Å². The normalized spacial score (nSPS) is 11.4. The molecular weight excluding hydrogens is 314 g/mol. The average Bonchev–Trinajstić information content (AvgIpc) is 2.60. The zero-order chi connectivity index (χ0) is 18.4. The Bertz CT molecular complexity index is 756. The summed E-state index contributed by atoms with van der Waals surface area (Å²) in [5.41, 5.74) is 2.66. The molecule has 2 aromatic rings. The van der Waals surface area contributed by atoms with Gasteiger partial charge < -0.3 is 14.8 Å². The van der Waals surface area contributed by atoms with Crippen molar-refractivity contribution in [1.29, 1.82) is 0 Å². The SMILES string of the molecule is COc1ccc(OC)c(N/C=C/C(=O)c2ccc(C(C)(C)C)cc2)c1. The third-order valence-electron chi connectivity index (χ3n) is 3.92. The van der Waals surface area contributed by atoms with Crippen LogP contribution in [-0.4, -0.2) is 20.0 Å². The maximum absolute atomic E-state index is 12.3. The minimum Gasteiger partial charge on any atom is -0.497 e. The zero-order valence-electron chi connectivity index (χ0n) is 15.4. The molecule has 0 saturated heterocycles. The second-order valence-electron chi connectivity index (χ2n) is 6.74. The van der Waals surface area contributed by atoms with E-state index < -0.39 is 0 Å². The van der Waals surface area contributed by atoms with E-state index in [9.17, 15) is 4.79 Å². The largest absolute Gasteiger partial charge is 0.497 e. The molecule has 25 heavy (non-hydrogen) atoms. The van der Waals surface area contributed by atoms with E-state index in [1.54, 1.807) is 20.4 Å². The van der Waals surface area contributed by atoms with Crippen molar-refractivity contribution in [3.8, 4) is 11.5 Å². The lowest BCUT2D eigenvalue weighted by molar-refractivity contribution is 0.104. The lowest BCUT2D eigenvalue weighted by atomic mass is 9.86. The van der Waals surface area contributed by atoms with Crippen molar-refractivity contribution in [1.82, 2.24) is 0 Å². The molecule has 0 unspecified atom stereocenters. The van der Waals surface area contributed by atoms with Crippen LogP contribution in [0.15, 0.2) is 54.7 Å². The molecule has 4 nitrogen and oxygen atoms in total. The third kappa shape index (κ3) is 4.86. The summed E-state index contributed by atoms with van der Waals surface area (Å²) in [6, 6.07) is 13.2. The lowest BCUT2D eigenvalue weighted by Crippen LogP contribution is -2.11. The summed E-state index contributed by atoms with van der Waals surface area (Å²) in [4.78, 5) is 12.3. The van der Waals surface area contributed by atoms with Crippen LogP contribution < -0.4 is 14.8 Å². The highest BCUT2D eigenvalue weighted by molar-refractivity contribution is 6.04. The number of benzene rings is 2. The summed E-state index contributed by atoms with van der Waals surface area (Å²) in [6.07, 6.45) is 3.11. The fourth-order valence-corrected chi connectivity index (χ4v) is 2.36. The first-order valence-electron chi connectivity index (χ1n) is 8.15. The van der Waals surface area contributed by atoms with Gasteiger partial charge in [-0.3, -0.25) is 4.79 Å². The van der Waals surface area contributed by atoms with Gasteiger partial charge in [-0.2, -0.15) is 0 Å². The topological polar surface area (TPSA) is 47.6 Å². The van der Waals surface area contributed by atoms with Crippen molar-refractivity contribution in [2.45, 2.75) is 26.2 Å². The fraction of sp³-hybridized carbons (Fsp3) is 0.286. The van der Waals surface area contributed by atoms with Gasteiger partial charge in [-0.25, -0.2) is 0 Å². The molecule has 0 aliphatic heterocycles. The first kappa shape index (κ1) is 18.6. The second-order valence-corrected chi connectivity index (χ2v) is 6.74. The predicted molar refractivity (Wildman–Crippen MR) is 102 cm³/mol. The molecule has 1 N–H and O–H groups in total. The van der Waals surface area contributed by atoms with Crippen molar-refractivity contribution < 1.29 is 14.3 Å². The zero-order valence-corrected chi connectivity index (χ0v) is 15.4. The van der Waals surface area contributed by atoms with Crippen LogP contribution in [0.25, 0.3) is 0 Å². The number of anilines is 1. The van der Waals surface area contributed by atoms with Crippen molar-refractivity contribution >= 4 is 11.5 Å². The highest BCUT2D eigenvalue weighted by Crippen LogP contribution is 2.28. The van der Waals surface area contributed by atoms with Gasteiger partial charge in [-0.1, -0.05) is 45.0 Å². The van der Waals surface area contributed by atoms with Gasteiger partial charge in [0.25, 0.3) is 0 Å². The Labute approximate surface area is 149 Å². The Balaban J connectivity index is 2.08. The maximum atomic E-state index is 12.3. The first-order chi connectivity index (χ1) is 11.8. The number of allylic oxidation sites excluding steroid dienone is 1. The Morgan fingerprint density at radius 3 is 2.24 bits per heavy atom. The first-order valence-corrected chi connectivity index (χ1v) is 8.15. The molecule has 0 bridgehead atoms. The Morgan fingerprint density at radius 2 is 1.68 bits per heavy atom. The molecule has 2 aromatic carbocycles. The van der Waals surface area contributed by atoms with Crippen LogP contribution in [-0.2, 0) is 5.41 Å². The van der Waals surface area contributed by atoms with Crippen molar-refractivity contribution in [3.63, 3.8) is 0 Å². The summed E-state index contributed by atoms with van der Waals surface area (Å²) >= 11 is 0. The van der Waals surface area contributed by atoms with Crippen LogP contribution in [0.1, 0.15) is 36.7 Å². The van der Waals surface area contributed by atoms with E-state index in [0.29, 0.717) is 17.1 Å². The average molecular weight is 339 g/mol. The monoisotopic (exact) mass is 339 g/mol.